The molecule has 2 heteroatoms. The number of hydrogen-bond donors (Lipinski definition) is 1. The summed E-state index contributed by atoms with van der Waals surface area (Å²) in [6.45, 7) is 0.813. The van der Waals surface area contributed by atoms with Gasteiger partial charge in [-0.05, 0) is 42.5 Å². The van der Waals surface area contributed by atoms with E-state index in [0.29, 0.717) is 11.8 Å². The SMILES string of the molecule is NC[C@@H]1C[C@@H]1c1ccc(Cl)cc1. The average Bonchev–Trinajstić information content (AvgIpc) is 2.85. The molecule has 1 aliphatic carbocycles. The normalized spacial score (nSPS) is 27.2. The summed E-state index contributed by atoms with van der Waals surface area (Å²) in [5.74, 6) is 1.42. The van der Waals surface area contributed by atoms with E-state index in [1.54, 1.807) is 0 Å². The third kappa shape index (κ3) is 1.47. The Morgan fingerprint density at radius 2 is 2.00 bits per heavy atom. The summed E-state index contributed by atoms with van der Waals surface area (Å²) in [5.41, 5.74) is 6.95. The molecule has 0 unspecified atom stereocenters. The van der Waals surface area contributed by atoms with Gasteiger partial charge < -0.3 is 5.73 Å². The Morgan fingerprint density at radius 1 is 1.33 bits per heavy atom. The van der Waals surface area contributed by atoms with Crippen LogP contribution in [-0.4, -0.2) is 6.54 Å². The maximum absolute atomic E-state index is 5.78. The quantitative estimate of drug-likeness (QED) is 0.745. The zero-order valence-corrected chi connectivity index (χ0v) is 7.59. The van der Waals surface area contributed by atoms with Crippen LogP contribution in [0.5, 0.6) is 0 Å². The van der Waals surface area contributed by atoms with E-state index in [1.165, 1.54) is 12.0 Å². The highest BCUT2D eigenvalue weighted by atomic mass is 35.5. The van der Waals surface area contributed by atoms with Gasteiger partial charge in [0.15, 0.2) is 0 Å². The van der Waals surface area contributed by atoms with Gasteiger partial charge in [0.2, 0.25) is 0 Å². The molecule has 2 N–H and O–H groups in total. The Hall–Kier alpha value is -0.530. The number of rotatable bonds is 2. The molecule has 0 saturated heterocycles. The number of nitrogens with two attached hydrogens (primary N) is 1. The van der Waals surface area contributed by atoms with Gasteiger partial charge in [0, 0.05) is 5.02 Å². The predicted octanol–water partition coefficient (Wildman–Crippen LogP) is 2.40. The Bertz CT molecular complexity index is 268. The van der Waals surface area contributed by atoms with Crippen molar-refractivity contribution in [2.24, 2.45) is 11.7 Å². The van der Waals surface area contributed by atoms with Crippen LogP contribution in [0.1, 0.15) is 17.9 Å². The van der Waals surface area contributed by atoms with Crippen LogP contribution in [0.15, 0.2) is 24.3 Å². The Morgan fingerprint density at radius 3 is 2.50 bits per heavy atom. The van der Waals surface area contributed by atoms with E-state index >= 15 is 0 Å². The van der Waals surface area contributed by atoms with Crippen molar-refractivity contribution in [2.75, 3.05) is 6.54 Å². The Labute approximate surface area is 77.5 Å². The summed E-state index contributed by atoms with van der Waals surface area (Å²) in [6.07, 6.45) is 1.25. The molecule has 12 heavy (non-hydrogen) atoms. The topological polar surface area (TPSA) is 26.0 Å². The van der Waals surface area contributed by atoms with Gasteiger partial charge >= 0.3 is 0 Å². The first-order valence-electron chi connectivity index (χ1n) is 4.27. The summed E-state index contributed by atoms with van der Waals surface area (Å²) < 4.78 is 0. The van der Waals surface area contributed by atoms with Crippen molar-refractivity contribution in [3.8, 4) is 0 Å². The molecule has 64 valence electrons. The molecule has 1 aromatic rings. The first-order valence-corrected chi connectivity index (χ1v) is 4.64. The van der Waals surface area contributed by atoms with Gasteiger partial charge in [0.25, 0.3) is 0 Å². The third-order valence-electron chi connectivity index (χ3n) is 2.52. The summed E-state index contributed by atoms with van der Waals surface area (Å²) in [4.78, 5) is 0. The summed E-state index contributed by atoms with van der Waals surface area (Å²) in [6, 6.07) is 8.09. The predicted molar refractivity (Wildman–Crippen MR) is 51.4 cm³/mol. The molecule has 0 bridgehead atoms. The minimum Gasteiger partial charge on any atom is -0.330 e. The van der Waals surface area contributed by atoms with Crippen LogP contribution in [0.3, 0.4) is 0 Å². The molecule has 2 rings (SSSR count). The zero-order chi connectivity index (χ0) is 8.55. The fourth-order valence-electron chi connectivity index (χ4n) is 1.63. The molecule has 0 spiro atoms. The van der Waals surface area contributed by atoms with Gasteiger partial charge in [-0.15, -0.1) is 0 Å². The lowest BCUT2D eigenvalue weighted by atomic mass is 10.1. The number of halogens is 1. The summed E-state index contributed by atoms with van der Waals surface area (Å²) in [7, 11) is 0. The third-order valence-corrected chi connectivity index (χ3v) is 2.78. The second-order valence-electron chi connectivity index (χ2n) is 3.39. The molecule has 0 aromatic heterocycles. The smallest absolute Gasteiger partial charge is 0.0406 e. The second-order valence-corrected chi connectivity index (χ2v) is 3.83. The molecule has 1 nitrogen and oxygen atoms in total. The first kappa shape index (κ1) is 8.09. The van der Waals surface area contributed by atoms with Crippen molar-refractivity contribution < 1.29 is 0 Å². The van der Waals surface area contributed by atoms with Crippen LogP contribution in [0.2, 0.25) is 5.02 Å². The summed E-state index contributed by atoms with van der Waals surface area (Å²) in [5, 5.41) is 0.809. The standard InChI is InChI=1S/C10H12ClN/c11-9-3-1-7(2-4-9)10-5-8(10)6-12/h1-4,8,10H,5-6,12H2/t8-,10+/m0/s1. The van der Waals surface area contributed by atoms with E-state index in [4.69, 9.17) is 17.3 Å². The summed E-state index contributed by atoms with van der Waals surface area (Å²) >= 11 is 5.78. The lowest BCUT2D eigenvalue weighted by molar-refractivity contribution is 0.810. The first-order chi connectivity index (χ1) is 5.81. The highest BCUT2D eigenvalue weighted by molar-refractivity contribution is 6.30. The van der Waals surface area contributed by atoms with Gasteiger partial charge in [-0.1, -0.05) is 23.7 Å². The van der Waals surface area contributed by atoms with Crippen LogP contribution in [0.4, 0.5) is 0 Å². The van der Waals surface area contributed by atoms with E-state index in [-0.39, 0.29) is 0 Å². The maximum atomic E-state index is 5.78. The van der Waals surface area contributed by atoms with Gasteiger partial charge in [0.1, 0.15) is 0 Å². The van der Waals surface area contributed by atoms with Crippen molar-refractivity contribution >= 4 is 11.6 Å². The van der Waals surface area contributed by atoms with E-state index in [2.05, 4.69) is 12.1 Å². The highest BCUT2D eigenvalue weighted by Gasteiger charge is 2.36. The molecule has 1 aliphatic rings. The lowest BCUT2D eigenvalue weighted by Crippen LogP contribution is -2.01. The maximum Gasteiger partial charge on any atom is 0.0406 e. The molecule has 1 fully saturated rings. The van der Waals surface area contributed by atoms with Gasteiger partial charge in [-0.3, -0.25) is 0 Å². The molecular weight excluding hydrogens is 170 g/mol. The van der Waals surface area contributed by atoms with Crippen LogP contribution in [-0.2, 0) is 0 Å². The fourth-order valence-corrected chi connectivity index (χ4v) is 1.75. The van der Waals surface area contributed by atoms with E-state index < -0.39 is 0 Å². The molecule has 0 heterocycles. The van der Waals surface area contributed by atoms with Crippen LogP contribution in [0, 0.1) is 5.92 Å². The van der Waals surface area contributed by atoms with Gasteiger partial charge in [-0.2, -0.15) is 0 Å². The molecule has 0 aliphatic heterocycles. The van der Waals surface area contributed by atoms with E-state index in [0.717, 1.165) is 11.6 Å². The van der Waals surface area contributed by atoms with Crippen molar-refractivity contribution in [1.29, 1.82) is 0 Å². The lowest BCUT2D eigenvalue weighted by Gasteiger charge is -1.98. The fraction of sp³-hybridized carbons (Fsp3) is 0.400. The molecular formula is C10H12ClN. The number of hydrogen-bond acceptors (Lipinski definition) is 1. The molecule has 0 radical (unpaired) electrons. The second kappa shape index (κ2) is 3.08. The molecule has 2 atom stereocenters. The Balaban J connectivity index is 2.10. The molecule has 1 aromatic carbocycles. The van der Waals surface area contributed by atoms with Crippen molar-refractivity contribution in [3.63, 3.8) is 0 Å². The van der Waals surface area contributed by atoms with Gasteiger partial charge in [0.05, 0.1) is 0 Å². The van der Waals surface area contributed by atoms with Gasteiger partial charge in [-0.25, -0.2) is 0 Å². The van der Waals surface area contributed by atoms with Crippen LogP contribution in [0.25, 0.3) is 0 Å². The Kier molecular flexibility index (Phi) is 2.07. The van der Waals surface area contributed by atoms with E-state index in [1.807, 2.05) is 12.1 Å². The average molecular weight is 182 g/mol. The zero-order valence-electron chi connectivity index (χ0n) is 6.83. The van der Waals surface area contributed by atoms with Crippen molar-refractivity contribution in [3.05, 3.63) is 34.9 Å². The largest absolute Gasteiger partial charge is 0.330 e. The minimum absolute atomic E-state index is 0.701. The van der Waals surface area contributed by atoms with Crippen molar-refractivity contribution in [2.45, 2.75) is 12.3 Å². The minimum atomic E-state index is 0.701. The van der Waals surface area contributed by atoms with Crippen LogP contribution >= 0.6 is 11.6 Å². The van der Waals surface area contributed by atoms with Crippen molar-refractivity contribution in [1.82, 2.24) is 0 Å². The molecule has 1 saturated carbocycles. The van der Waals surface area contributed by atoms with E-state index in [9.17, 15) is 0 Å². The monoisotopic (exact) mass is 181 g/mol. The molecule has 0 amide bonds. The highest BCUT2D eigenvalue weighted by Crippen LogP contribution is 2.46. The van der Waals surface area contributed by atoms with Crippen LogP contribution < -0.4 is 5.73 Å². The number of benzene rings is 1.